The summed E-state index contributed by atoms with van der Waals surface area (Å²) in [5, 5.41) is 5.80. The van der Waals surface area contributed by atoms with Crippen LogP contribution < -0.4 is 10.6 Å². The first-order chi connectivity index (χ1) is 12.6. The lowest BCUT2D eigenvalue weighted by Gasteiger charge is -2.08. The molecule has 1 fully saturated rings. The molecule has 5 heteroatoms. The van der Waals surface area contributed by atoms with Crippen LogP contribution in [0.15, 0.2) is 48.5 Å². The second-order valence-electron chi connectivity index (χ2n) is 6.82. The van der Waals surface area contributed by atoms with Gasteiger partial charge in [0.1, 0.15) is 0 Å². The number of hydrogen-bond donors (Lipinski definition) is 2. The smallest absolute Gasteiger partial charge is 0.251 e. The highest BCUT2D eigenvalue weighted by Gasteiger charge is 2.39. The molecule has 0 heterocycles. The highest BCUT2D eigenvalue weighted by Crippen LogP contribution is 2.38. The van der Waals surface area contributed by atoms with Crippen LogP contribution in [0, 0.1) is 11.8 Å². The van der Waals surface area contributed by atoms with Gasteiger partial charge in [-0.05, 0) is 47.7 Å². The second kappa shape index (κ2) is 8.15. The number of benzene rings is 2. The molecular formula is C21H24N2O3. The van der Waals surface area contributed by atoms with Crippen LogP contribution in [0.4, 0.5) is 5.69 Å². The average Bonchev–Trinajstić information content (AvgIpc) is 3.39. The Morgan fingerprint density at radius 1 is 1.04 bits per heavy atom. The van der Waals surface area contributed by atoms with Crippen LogP contribution in [-0.2, 0) is 22.7 Å². The van der Waals surface area contributed by atoms with Gasteiger partial charge in [0.2, 0.25) is 5.91 Å². The second-order valence-corrected chi connectivity index (χ2v) is 6.82. The molecule has 0 radical (unpaired) electrons. The number of methoxy groups -OCH3 is 1. The number of nitrogens with one attached hydrogen (secondary N) is 2. The molecule has 2 aromatic rings. The number of ether oxygens (including phenoxy) is 1. The van der Waals surface area contributed by atoms with Crippen molar-refractivity contribution < 1.29 is 14.3 Å². The van der Waals surface area contributed by atoms with E-state index in [0.29, 0.717) is 24.6 Å². The van der Waals surface area contributed by atoms with Gasteiger partial charge in [0, 0.05) is 30.8 Å². The van der Waals surface area contributed by atoms with Gasteiger partial charge in [-0.15, -0.1) is 0 Å². The van der Waals surface area contributed by atoms with Crippen LogP contribution in [0.3, 0.4) is 0 Å². The Kier molecular flexibility index (Phi) is 5.68. The van der Waals surface area contributed by atoms with Gasteiger partial charge in [0.15, 0.2) is 0 Å². The third-order valence-corrected chi connectivity index (χ3v) is 4.65. The first kappa shape index (κ1) is 18.1. The van der Waals surface area contributed by atoms with E-state index in [1.54, 1.807) is 31.4 Å². The van der Waals surface area contributed by atoms with Crippen LogP contribution in [-0.4, -0.2) is 18.9 Å². The van der Waals surface area contributed by atoms with Crippen molar-refractivity contribution in [1.29, 1.82) is 0 Å². The van der Waals surface area contributed by atoms with E-state index < -0.39 is 0 Å². The molecule has 0 spiro atoms. The van der Waals surface area contributed by atoms with Crippen LogP contribution in [0.2, 0.25) is 0 Å². The minimum atomic E-state index is -0.139. The number of rotatable bonds is 7. The SMILES string of the molecule is COCc1ccc(CNC(=O)c2ccc(NC(=O)C3CC3C)cc2)cc1. The Morgan fingerprint density at radius 3 is 2.23 bits per heavy atom. The third-order valence-electron chi connectivity index (χ3n) is 4.65. The summed E-state index contributed by atoms with van der Waals surface area (Å²) in [6.07, 6.45) is 0.957. The van der Waals surface area contributed by atoms with Gasteiger partial charge in [-0.2, -0.15) is 0 Å². The van der Waals surface area contributed by atoms with Gasteiger partial charge in [-0.3, -0.25) is 9.59 Å². The minimum Gasteiger partial charge on any atom is -0.380 e. The van der Waals surface area contributed by atoms with E-state index >= 15 is 0 Å². The monoisotopic (exact) mass is 352 g/mol. The Hall–Kier alpha value is -2.66. The lowest BCUT2D eigenvalue weighted by molar-refractivity contribution is -0.117. The summed E-state index contributed by atoms with van der Waals surface area (Å²) in [7, 11) is 1.66. The van der Waals surface area contributed by atoms with Gasteiger partial charge >= 0.3 is 0 Å². The summed E-state index contributed by atoms with van der Waals surface area (Å²) in [6.45, 7) is 3.11. The fourth-order valence-corrected chi connectivity index (χ4v) is 2.83. The summed E-state index contributed by atoms with van der Waals surface area (Å²) in [6, 6.07) is 14.9. The highest BCUT2D eigenvalue weighted by atomic mass is 16.5. The molecular weight excluding hydrogens is 328 g/mol. The molecule has 1 aliphatic rings. The molecule has 5 nitrogen and oxygen atoms in total. The maximum atomic E-state index is 12.3. The van der Waals surface area contributed by atoms with E-state index in [1.165, 1.54) is 0 Å². The zero-order valence-corrected chi connectivity index (χ0v) is 15.1. The van der Waals surface area contributed by atoms with Gasteiger partial charge in [-0.1, -0.05) is 31.2 Å². The molecule has 0 bridgehead atoms. The van der Waals surface area contributed by atoms with Crippen molar-refractivity contribution >= 4 is 17.5 Å². The molecule has 0 aliphatic heterocycles. The molecule has 26 heavy (non-hydrogen) atoms. The van der Waals surface area contributed by atoms with E-state index in [4.69, 9.17) is 4.74 Å². The first-order valence-electron chi connectivity index (χ1n) is 8.82. The number of amides is 2. The van der Waals surface area contributed by atoms with Gasteiger partial charge in [-0.25, -0.2) is 0 Å². The van der Waals surface area contributed by atoms with Crippen LogP contribution >= 0.6 is 0 Å². The van der Waals surface area contributed by atoms with Crippen LogP contribution in [0.1, 0.15) is 34.8 Å². The van der Waals surface area contributed by atoms with Gasteiger partial charge < -0.3 is 15.4 Å². The normalized spacial score (nSPS) is 18.2. The van der Waals surface area contributed by atoms with E-state index in [-0.39, 0.29) is 17.7 Å². The molecule has 2 aromatic carbocycles. The molecule has 1 saturated carbocycles. The number of hydrogen-bond acceptors (Lipinski definition) is 3. The Bertz CT molecular complexity index is 769. The largest absolute Gasteiger partial charge is 0.380 e. The first-order valence-corrected chi connectivity index (χ1v) is 8.82. The maximum absolute atomic E-state index is 12.3. The standard InChI is InChI=1S/C21H24N2O3/c1-14-11-19(14)21(25)23-18-9-7-17(8-10-18)20(24)22-12-15-3-5-16(6-4-15)13-26-2/h3-10,14,19H,11-13H2,1-2H3,(H,22,24)(H,23,25). The average molecular weight is 352 g/mol. The molecule has 2 N–H and O–H groups in total. The lowest BCUT2D eigenvalue weighted by atomic mass is 10.1. The molecule has 2 amide bonds. The minimum absolute atomic E-state index is 0.0617. The Balaban J connectivity index is 1.50. The molecule has 3 rings (SSSR count). The van der Waals surface area contributed by atoms with Gasteiger partial charge in [0.25, 0.3) is 5.91 Å². The number of anilines is 1. The van der Waals surface area contributed by atoms with Crippen molar-refractivity contribution in [3.63, 3.8) is 0 Å². The van der Waals surface area contributed by atoms with Crippen molar-refractivity contribution in [3.8, 4) is 0 Å². The summed E-state index contributed by atoms with van der Waals surface area (Å²) < 4.78 is 5.08. The van der Waals surface area contributed by atoms with E-state index in [9.17, 15) is 9.59 Å². The summed E-state index contributed by atoms with van der Waals surface area (Å²) in [5.41, 5.74) is 3.42. The molecule has 0 aromatic heterocycles. The molecule has 2 unspecified atom stereocenters. The van der Waals surface area contributed by atoms with E-state index in [0.717, 1.165) is 23.2 Å². The van der Waals surface area contributed by atoms with Crippen molar-refractivity contribution in [3.05, 3.63) is 65.2 Å². The topological polar surface area (TPSA) is 67.4 Å². The fraction of sp³-hybridized carbons (Fsp3) is 0.333. The van der Waals surface area contributed by atoms with Gasteiger partial charge in [0.05, 0.1) is 6.61 Å². The Morgan fingerprint density at radius 2 is 1.65 bits per heavy atom. The predicted molar refractivity (Wildman–Crippen MR) is 101 cm³/mol. The number of carbonyl (C=O) groups excluding carboxylic acids is 2. The third kappa shape index (κ3) is 4.70. The van der Waals surface area contributed by atoms with Crippen molar-refractivity contribution in [2.24, 2.45) is 11.8 Å². The zero-order valence-electron chi connectivity index (χ0n) is 15.1. The quantitative estimate of drug-likeness (QED) is 0.803. The van der Waals surface area contributed by atoms with Crippen LogP contribution in [0.25, 0.3) is 0 Å². The molecule has 0 saturated heterocycles. The highest BCUT2D eigenvalue weighted by molar-refractivity contribution is 5.96. The lowest BCUT2D eigenvalue weighted by Crippen LogP contribution is -2.22. The maximum Gasteiger partial charge on any atom is 0.251 e. The fourth-order valence-electron chi connectivity index (χ4n) is 2.83. The van der Waals surface area contributed by atoms with Crippen molar-refractivity contribution in [2.75, 3.05) is 12.4 Å². The van der Waals surface area contributed by atoms with Crippen molar-refractivity contribution in [1.82, 2.24) is 5.32 Å². The van der Waals surface area contributed by atoms with Crippen molar-refractivity contribution in [2.45, 2.75) is 26.5 Å². The summed E-state index contributed by atoms with van der Waals surface area (Å²) >= 11 is 0. The Labute approximate surface area is 153 Å². The summed E-state index contributed by atoms with van der Waals surface area (Å²) in [5.74, 6) is 0.531. The van der Waals surface area contributed by atoms with Crippen LogP contribution in [0.5, 0.6) is 0 Å². The zero-order chi connectivity index (χ0) is 18.5. The predicted octanol–water partition coefficient (Wildman–Crippen LogP) is 3.36. The molecule has 1 aliphatic carbocycles. The molecule has 2 atom stereocenters. The van der Waals surface area contributed by atoms with E-state index in [2.05, 4.69) is 17.6 Å². The summed E-state index contributed by atoms with van der Waals surface area (Å²) in [4.78, 5) is 24.2. The van der Waals surface area contributed by atoms with E-state index in [1.807, 2.05) is 24.3 Å². The number of carbonyl (C=O) groups is 2. The molecule has 136 valence electrons.